The molecule has 0 spiro atoms. The van der Waals surface area contributed by atoms with Crippen LogP contribution in [0.2, 0.25) is 0 Å². The number of hydrogen-bond donors (Lipinski definition) is 2. The van der Waals surface area contributed by atoms with Gasteiger partial charge in [0.1, 0.15) is 12.3 Å². The van der Waals surface area contributed by atoms with E-state index in [9.17, 15) is 19.0 Å². The first-order chi connectivity index (χ1) is 8.36. The Morgan fingerprint density at radius 1 is 1.22 bits per heavy atom. The molecule has 0 aliphatic heterocycles. The van der Waals surface area contributed by atoms with E-state index in [4.69, 9.17) is 4.74 Å². The molecule has 7 atom stereocenters. The Hall–Kier alpha value is -0.260. The van der Waals surface area contributed by atoms with Gasteiger partial charge in [0.15, 0.2) is 6.29 Å². The standard InChI is InChI=1S/C13H24F2O3/c1-7-4-10(14)11(15)5-9(7)6-12(16)8(2)13(17)18-3/h7-13,16-17H,4-6H2,1-3H3. The van der Waals surface area contributed by atoms with Crippen LogP contribution in [0.5, 0.6) is 0 Å². The third-order valence-corrected chi connectivity index (χ3v) is 4.16. The predicted octanol–water partition coefficient (Wildman–Crippen LogP) is 2.06. The normalized spacial score (nSPS) is 38.2. The zero-order chi connectivity index (χ0) is 13.9. The van der Waals surface area contributed by atoms with Crippen LogP contribution in [0.4, 0.5) is 8.78 Å². The number of alkyl halides is 2. The van der Waals surface area contributed by atoms with Crippen molar-refractivity contribution in [2.45, 2.75) is 57.8 Å². The van der Waals surface area contributed by atoms with Crippen molar-refractivity contribution in [3.63, 3.8) is 0 Å². The molecule has 0 radical (unpaired) electrons. The Bertz CT molecular complexity index is 252. The van der Waals surface area contributed by atoms with Crippen molar-refractivity contribution in [3.8, 4) is 0 Å². The van der Waals surface area contributed by atoms with Crippen LogP contribution >= 0.6 is 0 Å². The Balaban J connectivity index is 2.50. The molecule has 18 heavy (non-hydrogen) atoms. The molecule has 1 saturated carbocycles. The quantitative estimate of drug-likeness (QED) is 0.749. The Kier molecular flexibility index (Phi) is 5.95. The van der Waals surface area contributed by atoms with Gasteiger partial charge in [-0.25, -0.2) is 8.78 Å². The van der Waals surface area contributed by atoms with E-state index in [2.05, 4.69) is 0 Å². The van der Waals surface area contributed by atoms with Gasteiger partial charge in [0.25, 0.3) is 0 Å². The molecular weight excluding hydrogens is 242 g/mol. The first-order valence-corrected chi connectivity index (χ1v) is 6.53. The van der Waals surface area contributed by atoms with Gasteiger partial charge in [0, 0.05) is 13.0 Å². The van der Waals surface area contributed by atoms with Gasteiger partial charge in [0.2, 0.25) is 0 Å². The van der Waals surface area contributed by atoms with Crippen LogP contribution in [-0.4, -0.2) is 42.1 Å². The molecule has 1 rings (SSSR count). The van der Waals surface area contributed by atoms with Crippen LogP contribution in [-0.2, 0) is 4.74 Å². The minimum atomic E-state index is -1.43. The smallest absolute Gasteiger partial charge is 0.159 e. The van der Waals surface area contributed by atoms with Crippen LogP contribution in [0.1, 0.15) is 33.1 Å². The maximum absolute atomic E-state index is 13.3. The molecule has 0 saturated heterocycles. The summed E-state index contributed by atoms with van der Waals surface area (Å²) in [4.78, 5) is 0. The highest BCUT2D eigenvalue weighted by Gasteiger charge is 2.37. The van der Waals surface area contributed by atoms with Crippen LogP contribution in [0.3, 0.4) is 0 Å². The fourth-order valence-electron chi connectivity index (χ4n) is 2.62. The zero-order valence-electron chi connectivity index (χ0n) is 11.2. The number of hydrogen-bond acceptors (Lipinski definition) is 3. The van der Waals surface area contributed by atoms with Gasteiger partial charge < -0.3 is 14.9 Å². The van der Waals surface area contributed by atoms with Gasteiger partial charge in [-0.2, -0.15) is 0 Å². The average molecular weight is 266 g/mol. The van der Waals surface area contributed by atoms with Gasteiger partial charge >= 0.3 is 0 Å². The lowest BCUT2D eigenvalue weighted by Crippen LogP contribution is -2.38. The Labute approximate surface area is 107 Å². The molecule has 5 heteroatoms. The third-order valence-electron chi connectivity index (χ3n) is 4.16. The summed E-state index contributed by atoms with van der Waals surface area (Å²) in [5.41, 5.74) is 0. The fourth-order valence-corrected chi connectivity index (χ4v) is 2.62. The molecule has 1 aliphatic rings. The van der Waals surface area contributed by atoms with Gasteiger partial charge in [0.05, 0.1) is 6.10 Å². The maximum Gasteiger partial charge on any atom is 0.159 e. The summed E-state index contributed by atoms with van der Waals surface area (Å²) >= 11 is 0. The lowest BCUT2D eigenvalue weighted by atomic mass is 9.75. The van der Waals surface area contributed by atoms with Crippen molar-refractivity contribution in [1.82, 2.24) is 0 Å². The van der Waals surface area contributed by atoms with Crippen molar-refractivity contribution < 1.29 is 23.7 Å². The maximum atomic E-state index is 13.3. The van der Waals surface area contributed by atoms with E-state index in [0.717, 1.165) is 0 Å². The van der Waals surface area contributed by atoms with Crippen molar-refractivity contribution in [1.29, 1.82) is 0 Å². The van der Waals surface area contributed by atoms with Gasteiger partial charge in [-0.15, -0.1) is 0 Å². The highest BCUT2D eigenvalue weighted by molar-refractivity contribution is 4.86. The van der Waals surface area contributed by atoms with Crippen molar-refractivity contribution in [2.24, 2.45) is 17.8 Å². The SMILES string of the molecule is COC(O)C(C)C(O)CC1CC(F)C(F)CC1C. The van der Waals surface area contributed by atoms with E-state index in [1.54, 1.807) is 6.92 Å². The molecule has 0 amide bonds. The van der Waals surface area contributed by atoms with E-state index >= 15 is 0 Å². The molecule has 0 aromatic carbocycles. The van der Waals surface area contributed by atoms with E-state index < -0.39 is 30.7 Å². The summed E-state index contributed by atoms with van der Waals surface area (Å²) in [6.07, 6.45) is -3.88. The number of methoxy groups -OCH3 is 1. The van der Waals surface area contributed by atoms with E-state index in [0.29, 0.717) is 6.42 Å². The Morgan fingerprint density at radius 3 is 2.33 bits per heavy atom. The molecule has 3 nitrogen and oxygen atoms in total. The summed E-state index contributed by atoms with van der Waals surface area (Å²) < 4.78 is 31.3. The molecule has 0 heterocycles. The van der Waals surface area contributed by atoms with Gasteiger partial charge in [-0.1, -0.05) is 13.8 Å². The molecular formula is C13H24F2O3. The van der Waals surface area contributed by atoms with Gasteiger partial charge in [-0.05, 0) is 31.1 Å². The number of rotatable bonds is 5. The van der Waals surface area contributed by atoms with Crippen molar-refractivity contribution in [3.05, 3.63) is 0 Å². The molecule has 108 valence electrons. The lowest BCUT2D eigenvalue weighted by molar-refractivity contribution is -0.139. The first-order valence-electron chi connectivity index (χ1n) is 6.53. The van der Waals surface area contributed by atoms with Crippen LogP contribution in [0, 0.1) is 17.8 Å². The largest absolute Gasteiger partial charge is 0.393 e. The predicted molar refractivity (Wildman–Crippen MR) is 64.5 cm³/mol. The van der Waals surface area contributed by atoms with Gasteiger partial charge in [-0.3, -0.25) is 0 Å². The van der Waals surface area contributed by atoms with Crippen LogP contribution < -0.4 is 0 Å². The fraction of sp³-hybridized carbons (Fsp3) is 1.00. The average Bonchev–Trinajstić information content (AvgIpc) is 2.33. The number of ether oxygens (including phenoxy) is 1. The molecule has 2 N–H and O–H groups in total. The number of aliphatic hydroxyl groups is 2. The topological polar surface area (TPSA) is 49.7 Å². The highest BCUT2D eigenvalue weighted by Crippen LogP contribution is 2.37. The summed E-state index contributed by atoms with van der Waals surface area (Å²) in [6.45, 7) is 3.56. The lowest BCUT2D eigenvalue weighted by Gasteiger charge is -2.35. The Morgan fingerprint density at radius 2 is 1.78 bits per heavy atom. The summed E-state index contributed by atoms with van der Waals surface area (Å²) in [6, 6.07) is 0. The first kappa shape index (κ1) is 15.8. The molecule has 0 bridgehead atoms. The van der Waals surface area contributed by atoms with Crippen LogP contribution in [0.15, 0.2) is 0 Å². The monoisotopic (exact) mass is 266 g/mol. The van der Waals surface area contributed by atoms with Crippen molar-refractivity contribution in [2.75, 3.05) is 7.11 Å². The van der Waals surface area contributed by atoms with Crippen LogP contribution in [0.25, 0.3) is 0 Å². The molecule has 0 aromatic rings. The highest BCUT2D eigenvalue weighted by atomic mass is 19.2. The van der Waals surface area contributed by atoms with Crippen molar-refractivity contribution >= 4 is 0 Å². The second kappa shape index (κ2) is 6.78. The van der Waals surface area contributed by atoms with E-state index in [-0.39, 0.29) is 24.7 Å². The molecule has 1 aliphatic carbocycles. The zero-order valence-corrected chi connectivity index (χ0v) is 11.2. The number of aliphatic hydroxyl groups excluding tert-OH is 2. The minimum Gasteiger partial charge on any atom is -0.393 e. The number of halogens is 2. The second-order valence-corrected chi connectivity index (χ2v) is 5.53. The summed E-state index contributed by atoms with van der Waals surface area (Å²) in [7, 11) is 1.36. The summed E-state index contributed by atoms with van der Waals surface area (Å²) in [5.74, 6) is -0.439. The van der Waals surface area contributed by atoms with E-state index in [1.807, 2.05) is 6.92 Å². The third kappa shape index (κ3) is 3.87. The minimum absolute atomic E-state index is 0.0477. The second-order valence-electron chi connectivity index (χ2n) is 5.53. The molecule has 1 fully saturated rings. The summed E-state index contributed by atoms with van der Waals surface area (Å²) in [5, 5.41) is 19.5. The molecule has 7 unspecified atom stereocenters. The van der Waals surface area contributed by atoms with E-state index in [1.165, 1.54) is 7.11 Å². The molecule has 0 aromatic heterocycles.